The van der Waals surface area contributed by atoms with Gasteiger partial charge in [0.05, 0.1) is 7.11 Å². The second-order valence-electron chi connectivity index (χ2n) is 4.29. The van der Waals surface area contributed by atoms with Gasteiger partial charge in [0, 0.05) is 16.8 Å². The molecular weight excluding hydrogens is 210 g/mol. The van der Waals surface area contributed by atoms with Crippen LogP contribution in [-0.2, 0) is 0 Å². The molecule has 0 fully saturated rings. The van der Waals surface area contributed by atoms with Crippen LogP contribution in [-0.4, -0.2) is 7.11 Å². The lowest BCUT2D eigenvalue weighted by Gasteiger charge is -2.12. The first-order valence-corrected chi connectivity index (χ1v) is 5.63. The van der Waals surface area contributed by atoms with Crippen LogP contribution in [0.5, 0.6) is 5.75 Å². The minimum Gasteiger partial charge on any atom is -0.496 e. The summed E-state index contributed by atoms with van der Waals surface area (Å²) in [4.78, 5) is 0. The van der Waals surface area contributed by atoms with Crippen LogP contribution in [0.15, 0.2) is 36.4 Å². The quantitative estimate of drug-likeness (QED) is 0.796. The number of anilines is 1. The van der Waals surface area contributed by atoms with Crippen LogP contribution in [0, 0.1) is 13.8 Å². The van der Waals surface area contributed by atoms with E-state index in [0.29, 0.717) is 0 Å². The Morgan fingerprint density at radius 3 is 2.12 bits per heavy atom. The third-order valence-corrected chi connectivity index (χ3v) is 2.85. The Balaban J connectivity index is 2.66. The van der Waals surface area contributed by atoms with Crippen molar-refractivity contribution in [3.8, 4) is 16.9 Å². The Morgan fingerprint density at radius 2 is 1.47 bits per heavy atom. The topological polar surface area (TPSA) is 35.2 Å². The van der Waals surface area contributed by atoms with Gasteiger partial charge in [0.25, 0.3) is 0 Å². The number of nitrogens with two attached hydrogens (primary N) is 1. The van der Waals surface area contributed by atoms with E-state index in [2.05, 4.69) is 26.0 Å². The van der Waals surface area contributed by atoms with E-state index in [4.69, 9.17) is 10.5 Å². The Bertz CT molecular complexity index is 547. The molecule has 0 saturated heterocycles. The summed E-state index contributed by atoms with van der Waals surface area (Å²) in [6.45, 7) is 4.13. The van der Waals surface area contributed by atoms with Crippen molar-refractivity contribution >= 4 is 5.69 Å². The van der Waals surface area contributed by atoms with Crippen molar-refractivity contribution in [2.75, 3.05) is 12.8 Å². The molecule has 0 aliphatic carbocycles. The van der Waals surface area contributed by atoms with Crippen molar-refractivity contribution in [3.05, 3.63) is 47.5 Å². The Hall–Kier alpha value is -1.96. The fraction of sp³-hybridized carbons (Fsp3) is 0.200. The van der Waals surface area contributed by atoms with Gasteiger partial charge in [0.15, 0.2) is 0 Å². The molecule has 0 bridgehead atoms. The maximum Gasteiger partial charge on any atom is 0.126 e. The van der Waals surface area contributed by atoms with Gasteiger partial charge >= 0.3 is 0 Å². The highest BCUT2D eigenvalue weighted by Gasteiger charge is 2.09. The van der Waals surface area contributed by atoms with E-state index in [-0.39, 0.29) is 0 Å². The fourth-order valence-corrected chi connectivity index (χ4v) is 1.94. The highest BCUT2D eigenvalue weighted by atomic mass is 16.5. The molecule has 2 N–H and O–H groups in total. The van der Waals surface area contributed by atoms with E-state index < -0.39 is 0 Å². The van der Waals surface area contributed by atoms with Gasteiger partial charge in [-0.15, -0.1) is 0 Å². The lowest BCUT2D eigenvalue weighted by molar-refractivity contribution is 0.416. The summed E-state index contributed by atoms with van der Waals surface area (Å²) in [6, 6.07) is 12.2. The zero-order valence-electron chi connectivity index (χ0n) is 10.4. The van der Waals surface area contributed by atoms with Gasteiger partial charge in [0.2, 0.25) is 0 Å². The smallest absolute Gasteiger partial charge is 0.126 e. The van der Waals surface area contributed by atoms with E-state index in [0.717, 1.165) is 22.6 Å². The van der Waals surface area contributed by atoms with Crippen LogP contribution in [0.1, 0.15) is 11.1 Å². The van der Waals surface area contributed by atoms with Crippen molar-refractivity contribution < 1.29 is 4.74 Å². The monoisotopic (exact) mass is 227 g/mol. The zero-order valence-corrected chi connectivity index (χ0v) is 10.4. The molecule has 0 unspecified atom stereocenters. The van der Waals surface area contributed by atoms with Gasteiger partial charge in [-0.3, -0.25) is 0 Å². The lowest BCUT2D eigenvalue weighted by atomic mass is 9.99. The van der Waals surface area contributed by atoms with Crippen molar-refractivity contribution in [1.29, 1.82) is 0 Å². The van der Waals surface area contributed by atoms with Gasteiger partial charge in [-0.05, 0) is 38.1 Å². The predicted molar refractivity (Wildman–Crippen MR) is 72.3 cm³/mol. The largest absolute Gasteiger partial charge is 0.496 e. The number of hydrogen-bond donors (Lipinski definition) is 1. The molecule has 0 spiro atoms. The van der Waals surface area contributed by atoms with Crippen LogP contribution < -0.4 is 10.5 Å². The molecule has 0 aliphatic rings. The molecule has 0 aliphatic heterocycles. The first kappa shape index (κ1) is 11.5. The Morgan fingerprint density at radius 1 is 0.882 bits per heavy atom. The molecule has 0 amide bonds. The predicted octanol–water partition coefficient (Wildman–Crippen LogP) is 3.56. The van der Waals surface area contributed by atoms with Crippen LogP contribution >= 0.6 is 0 Å². The number of aryl methyl sites for hydroxylation is 2. The summed E-state index contributed by atoms with van der Waals surface area (Å²) >= 11 is 0. The van der Waals surface area contributed by atoms with E-state index in [9.17, 15) is 0 Å². The molecule has 2 aromatic carbocycles. The number of ether oxygens (including phenoxy) is 1. The van der Waals surface area contributed by atoms with Gasteiger partial charge in [0.1, 0.15) is 5.75 Å². The normalized spacial score (nSPS) is 10.3. The van der Waals surface area contributed by atoms with E-state index in [1.165, 1.54) is 11.1 Å². The minimum atomic E-state index is 0.777. The minimum absolute atomic E-state index is 0.777. The molecular formula is C15H17NO. The number of methoxy groups -OCH3 is 1. The third kappa shape index (κ3) is 2.26. The second kappa shape index (κ2) is 4.50. The van der Waals surface area contributed by atoms with Crippen molar-refractivity contribution in [2.24, 2.45) is 0 Å². The summed E-state index contributed by atoms with van der Waals surface area (Å²) in [5, 5.41) is 0. The SMILES string of the molecule is COc1ccc(C)cc1-c1cc(C)ccc1N. The molecule has 2 nitrogen and oxygen atoms in total. The molecule has 0 saturated carbocycles. The number of rotatable bonds is 2. The van der Waals surface area contributed by atoms with Crippen LogP contribution in [0.3, 0.4) is 0 Å². The number of nitrogen functional groups attached to an aromatic ring is 1. The summed E-state index contributed by atoms with van der Waals surface area (Å²) < 4.78 is 5.39. The van der Waals surface area contributed by atoms with Crippen molar-refractivity contribution in [3.63, 3.8) is 0 Å². The van der Waals surface area contributed by atoms with Crippen molar-refractivity contribution in [2.45, 2.75) is 13.8 Å². The molecule has 88 valence electrons. The first-order chi connectivity index (χ1) is 8.11. The molecule has 17 heavy (non-hydrogen) atoms. The molecule has 2 aromatic rings. The first-order valence-electron chi connectivity index (χ1n) is 5.63. The van der Waals surface area contributed by atoms with Gasteiger partial charge in [-0.2, -0.15) is 0 Å². The maximum atomic E-state index is 6.04. The highest BCUT2D eigenvalue weighted by Crippen LogP contribution is 2.34. The molecule has 0 aromatic heterocycles. The van der Waals surface area contributed by atoms with E-state index in [1.807, 2.05) is 24.3 Å². The standard InChI is InChI=1S/C15H17NO/c1-10-4-6-14(16)12(8-10)13-9-11(2)5-7-15(13)17-3/h4-9H,16H2,1-3H3. The molecule has 2 rings (SSSR count). The van der Waals surface area contributed by atoms with Crippen LogP contribution in [0.2, 0.25) is 0 Å². The average molecular weight is 227 g/mol. The van der Waals surface area contributed by atoms with Crippen LogP contribution in [0.25, 0.3) is 11.1 Å². The van der Waals surface area contributed by atoms with Crippen molar-refractivity contribution in [1.82, 2.24) is 0 Å². The number of hydrogen-bond acceptors (Lipinski definition) is 2. The molecule has 0 radical (unpaired) electrons. The summed E-state index contributed by atoms with van der Waals surface area (Å²) in [5.41, 5.74) is 11.3. The molecule has 2 heteroatoms. The van der Waals surface area contributed by atoms with E-state index in [1.54, 1.807) is 7.11 Å². The Kier molecular flexibility index (Phi) is 3.05. The van der Waals surface area contributed by atoms with Gasteiger partial charge in [-0.1, -0.05) is 23.3 Å². The lowest BCUT2D eigenvalue weighted by Crippen LogP contribution is -1.94. The van der Waals surface area contributed by atoms with Gasteiger partial charge < -0.3 is 10.5 Å². The molecule has 0 atom stereocenters. The Labute approximate surface area is 102 Å². The highest BCUT2D eigenvalue weighted by molar-refractivity contribution is 5.81. The zero-order chi connectivity index (χ0) is 12.4. The third-order valence-electron chi connectivity index (χ3n) is 2.85. The summed E-state index contributed by atoms with van der Waals surface area (Å²) in [6.07, 6.45) is 0. The van der Waals surface area contributed by atoms with Gasteiger partial charge in [-0.25, -0.2) is 0 Å². The number of benzene rings is 2. The second-order valence-corrected chi connectivity index (χ2v) is 4.29. The van der Waals surface area contributed by atoms with E-state index >= 15 is 0 Å². The van der Waals surface area contributed by atoms with Crippen LogP contribution in [0.4, 0.5) is 5.69 Å². The summed E-state index contributed by atoms with van der Waals surface area (Å²) in [5.74, 6) is 0.855. The maximum absolute atomic E-state index is 6.04. The fourth-order valence-electron chi connectivity index (χ4n) is 1.94. The summed E-state index contributed by atoms with van der Waals surface area (Å²) in [7, 11) is 1.68. The molecule has 0 heterocycles. The average Bonchev–Trinajstić information content (AvgIpc) is 2.32.